The number of aromatic nitrogens is 2. The van der Waals surface area contributed by atoms with Crippen LogP contribution in [0.3, 0.4) is 0 Å². The zero-order valence-corrected chi connectivity index (χ0v) is 16.1. The first-order valence-corrected chi connectivity index (χ1v) is 10.3. The van der Waals surface area contributed by atoms with E-state index >= 15 is 0 Å². The molecular weight excluding hydrogens is 391 g/mol. The Labute approximate surface area is 165 Å². The Morgan fingerprint density at radius 2 is 2.04 bits per heavy atom. The molecule has 2 aromatic rings. The van der Waals surface area contributed by atoms with Crippen LogP contribution < -0.4 is 5.32 Å². The van der Waals surface area contributed by atoms with Crippen LogP contribution in [-0.4, -0.2) is 27.7 Å². The molecule has 2 aromatic heterocycles. The van der Waals surface area contributed by atoms with Gasteiger partial charge < -0.3 is 9.73 Å². The van der Waals surface area contributed by atoms with Crippen LogP contribution >= 0.6 is 11.8 Å². The highest BCUT2D eigenvalue weighted by atomic mass is 32.2. The number of nitrogens with one attached hydrogen (secondary N) is 1. The second-order valence-electron chi connectivity index (χ2n) is 6.75. The van der Waals surface area contributed by atoms with Crippen molar-refractivity contribution in [2.75, 3.05) is 5.75 Å². The second kappa shape index (κ2) is 9.45. The number of carbonyl (C=O) groups is 1. The fourth-order valence-electron chi connectivity index (χ4n) is 3.13. The largest absolute Gasteiger partial charge is 0.463 e. The lowest BCUT2D eigenvalue weighted by Gasteiger charge is -2.22. The number of halogens is 3. The van der Waals surface area contributed by atoms with Crippen LogP contribution in [0.5, 0.6) is 0 Å². The number of nitrogens with zero attached hydrogens (tertiary/aromatic N) is 2. The van der Waals surface area contributed by atoms with Crippen LogP contribution in [-0.2, 0) is 11.0 Å². The average molecular weight is 413 g/mol. The van der Waals surface area contributed by atoms with Crippen LogP contribution in [0.4, 0.5) is 13.2 Å². The topological polar surface area (TPSA) is 68.0 Å². The molecule has 3 rings (SSSR count). The molecule has 28 heavy (non-hydrogen) atoms. The summed E-state index contributed by atoms with van der Waals surface area (Å²) >= 11 is 1.11. The normalized spacial score (nSPS) is 15.5. The van der Waals surface area contributed by atoms with Crippen molar-refractivity contribution in [1.29, 1.82) is 0 Å². The summed E-state index contributed by atoms with van der Waals surface area (Å²) in [5.41, 5.74) is -0.920. The molecular formula is C19H22F3N3O2S. The molecule has 0 radical (unpaired) electrons. The molecule has 2 heterocycles. The van der Waals surface area contributed by atoms with E-state index in [1.54, 1.807) is 12.1 Å². The van der Waals surface area contributed by atoms with Gasteiger partial charge in [0.15, 0.2) is 10.9 Å². The van der Waals surface area contributed by atoms with Crippen LogP contribution in [0.15, 0.2) is 34.0 Å². The maximum Gasteiger partial charge on any atom is 0.433 e. The number of thioether (sulfide) groups is 1. The molecule has 0 atom stereocenters. The molecule has 152 valence electrons. The maximum absolute atomic E-state index is 13.1. The van der Waals surface area contributed by atoms with Gasteiger partial charge in [-0.1, -0.05) is 31.0 Å². The number of hydrogen-bond donors (Lipinski definition) is 1. The zero-order valence-electron chi connectivity index (χ0n) is 15.3. The van der Waals surface area contributed by atoms with Crippen molar-refractivity contribution in [3.05, 3.63) is 30.2 Å². The minimum Gasteiger partial charge on any atom is -0.463 e. The van der Waals surface area contributed by atoms with Crippen molar-refractivity contribution in [2.24, 2.45) is 0 Å². The van der Waals surface area contributed by atoms with E-state index in [0.29, 0.717) is 18.6 Å². The highest BCUT2D eigenvalue weighted by Gasteiger charge is 2.34. The van der Waals surface area contributed by atoms with Gasteiger partial charge in [0.25, 0.3) is 0 Å². The minimum absolute atomic E-state index is 0.00580. The Bertz CT molecular complexity index is 775. The van der Waals surface area contributed by atoms with Gasteiger partial charge in [-0.05, 0) is 37.5 Å². The Kier molecular flexibility index (Phi) is 6.98. The summed E-state index contributed by atoms with van der Waals surface area (Å²) in [4.78, 5) is 19.8. The molecule has 9 heteroatoms. The molecule has 1 amide bonds. The Balaban J connectivity index is 1.54. The molecule has 0 aromatic carbocycles. The number of furan rings is 1. The summed E-state index contributed by atoms with van der Waals surface area (Å²) in [6.07, 6.45) is 3.24. The summed E-state index contributed by atoms with van der Waals surface area (Å²) in [6, 6.07) is 4.27. The fourth-order valence-corrected chi connectivity index (χ4v) is 3.93. The van der Waals surface area contributed by atoms with E-state index in [9.17, 15) is 18.0 Å². The van der Waals surface area contributed by atoms with E-state index in [0.717, 1.165) is 43.5 Å². The zero-order chi connectivity index (χ0) is 20.0. The van der Waals surface area contributed by atoms with E-state index in [-0.39, 0.29) is 28.6 Å². The van der Waals surface area contributed by atoms with Gasteiger partial charge in [-0.2, -0.15) is 13.2 Å². The number of rotatable bonds is 7. The second-order valence-corrected chi connectivity index (χ2v) is 7.81. The summed E-state index contributed by atoms with van der Waals surface area (Å²) in [6.45, 7) is 0. The first kappa shape index (κ1) is 20.7. The van der Waals surface area contributed by atoms with Gasteiger partial charge in [0.05, 0.1) is 6.26 Å². The highest BCUT2D eigenvalue weighted by Crippen LogP contribution is 2.32. The van der Waals surface area contributed by atoms with E-state index in [2.05, 4.69) is 15.3 Å². The predicted octanol–water partition coefficient (Wildman–Crippen LogP) is 5.08. The van der Waals surface area contributed by atoms with Crippen LogP contribution in [0.2, 0.25) is 0 Å². The molecule has 0 saturated heterocycles. The molecule has 1 fully saturated rings. The van der Waals surface area contributed by atoms with E-state index in [1.807, 2.05) is 0 Å². The van der Waals surface area contributed by atoms with Crippen molar-refractivity contribution < 1.29 is 22.4 Å². The lowest BCUT2D eigenvalue weighted by Crippen LogP contribution is -2.36. The number of alkyl halides is 3. The fraction of sp³-hybridized carbons (Fsp3) is 0.526. The molecule has 5 nitrogen and oxygen atoms in total. The van der Waals surface area contributed by atoms with Crippen molar-refractivity contribution in [3.63, 3.8) is 0 Å². The van der Waals surface area contributed by atoms with Gasteiger partial charge >= 0.3 is 6.18 Å². The van der Waals surface area contributed by atoms with E-state index < -0.39 is 11.9 Å². The third kappa shape index (κ3) is 5.98. The quantitative estimate of drug-likeness (QED) is 0.390. The van der Waals surface area contributed by atoms with Crippen molar-refractivity contribution in [1.82, 2.24) is 15.3 Å². The van der Waals surface area contributed by atoms with E-state index in [4.69, 9.17) is 4.42 Å². The SMILES string of the molecule is O=C(CCCSc1nc(-c2ccco2)cc(C(F)(F)F)n1)NC1CCCCC1. The Morgan fingerprint density at radius 3 is 2.71 bits per heavy atom. The summed E-state index contributed by atoms with van der Waals surface area (Å²) in [5.74, 6) is 0.701. The standard InChI is InChI=1S/C19H22F3N3O2S/c20-19(21,22)16-12-14(15-8-4-10-27-15)24-18(25-16)28-11-5-9-17(26)23-13-6-2-1-3-7-13/h4,8,10,12-13H,1-3,5-7,9,11H2,(H,23,26). The Morgan fingerprint density at radius 1 is 1.25 bits per heavy atom. The minimum atomic E-state index is -4.57. The van der Waals surface area contributed by atoms with E-state index in [1.165, 1.54) is 12.7 Å². The molecule has 1 saturated carbocycles. The van der Waals surface area contributed by atoms with Crippen LogP contribution in [0, 0.1) is 0 Å². The van der Waals surface area contributed by atoms with Gasteiger partial charge in [0.2, 0.25) is 5.91 Å². The molecule has 1 N–H and O–H groups in total. The van der Waals surface area contributed by atoms with Gasteiger partial charge in [-0.15, -0.1) is 0 Å². The summed E-state index contributed by atoms with van der Waals surface area (Å²) in [7, 11) is 0. The third-order valence-electron chi connectivity index (χ3n) is 4.52. The van der Waals surface area contributed by atoms with Crippen LogP contribution in [0.1, 0.15) is 50.6 Å². The first-order valence-electron chi connectivity index (χ1n) is 9.34. The first-order chi connectivity index (χ1) is 13.4. The van der Waals surface area contributed by atoms with Gasteiger partial charge in [0, 0.05) is 18.2 Å². The lowest BCUT2D eigenvalue weighted by molar-refractivity contribution is -0.141. The molecule has 1 aliphatic rings. The maximum atomic E-state index is 13.1. The highest BCUT2D eigenvalue weighted by molar-refractivity contribution is 7.99. The monoisotopic (exact) mass is 413 g/mol. The van der Waals surface area contributed by atoms with Crippen molar-refractivity contribution >= 4 is 17.7 Å². The van der Waals surface area contributed by atoms with Crippen molar-refractivity contribution in [3.8, 4) is 11.5 Å². The molecule has 0 aliphatic heterocycles. The third-order valence-corrected chi connectivity index (χ3v) is 5.45. The summed E-state index contributed by atoms with van der Waals surface area (Å²) < 4.78 is 44.5. The predicted molar refractivity (Wildman–Crippen MR) is 99.7 cm³/mol. The molecule has 0 unspecified atom stereocenters. The van der Waals surface area contributed by atoms with Crippen LogP contribution in [0.25, 0.3) is 11.5 Å². The lowest BCUT2D eigenvalue weighted by atomic mass is 9.95. The average Bonchev–Trinajstić information content (AvgIpc) is 3.20. The van der Waals surface area contributed by atoms with Gasteiger partial charge in [0.1, 0.15) is 11.4 Å². The van der Waals surface area contributed by atoms with Gasteiger partial charge in [-0.25, -0.2) is 9.97 Å². The van der Waals surface area contributed by atoms with Crippen molar-refractivity contribution in [2.45, 2.75) is 62.3 Å². The summed E-state index contributed by atoms with van der Waals surface area (Å²) in [5, 5.41) is 3.06. The number of carbonyl (C=O) groups excluding carboxylic acids is 1. The molecule has 0 bridgehead atoms. The number of amides is 1. The number of hydrogen-bond acceptors (Lipinski definition) is 5. The molecule has 1 aliphatic carbocycles. The molecule has 0 spiro atoms. The Hall–Kier alpha value is -2.03. The van der Waals surface area contributed by atoms with Gasteiger partial charge in [-0.3, -0.25) is 4.79 Å². The smallest absolute Gasteiger partial charge is 0.433 e.